The first-order valence-electron chi connectivity index (χ1n) is 11.1. The minimum atomic E-state index is -4.96. The summed E-state index contributed by atoms with van der Waals surface area (Å²) in [5.41, 5.74) is 2.47. The quantitative estimate of drug-likeness (QED) is 0.270. The lowest BCUT2D eigenvalue weighted by Crippen LogP contribution is -2.30. The van der Waals surface area contributed by atoms with E-state index in [4.69, 9.17) is 28.9 Å². The van der Waals surface area contributed by atoms with E-state index >= 15 is 0 Å². The lowest BCUT2D eigenvalue weighted by molar-refractivity contribution is -0.110. The van der Waals surface area contributed by atoms with Crippen LogP contribution in [-0.2, 0) is 4.79 Å². The summed E-state index contributed by atoms with van der Waals surface area (Å²) in [7, 11) is 0. The Labute approximate surface area is 225 Å². The van der Waals surface area contributed by atoms with Crippen molar-refractivity contribution in [2.45, 2.75) is 20.0 Å². The first-order chi connectivity index (χ1) is 17.8. The maximum absolute atomic E-state index is 13.3. The van der Waals surface area contributed by atoms with Crippen molar-refractivity contribution in [2.75, 3.05) is 11.9 Å². The van der Waals surface area contributed by atoms with Crippen molar-refractivity contribution in [3.05, 3.63) is 70.0 Å². The van der Waals surface area contributed by atoms with Gasteiger partial charge in [-0.2, -0.15) is 13.2 Å². The third kappa shape index (κ3) is 6.93. The van der Waals surface area contributed by atoms with Crippen LogP contribution in [0.4, 0.5) is 24.7 Å². The number of alkyl halides is 3. The molecule has 0 aliphatic carbocycles. The first kappa shape index (κ1) is 28.7. The summed E-state index contributed by atoms with van der Waals surface area (Å²) in [6.45, 7) is 4.03. The predicted molar refractivity (Wildman–Crippen MR) is 141 cm³/mol. The van der Waals surface area contributed by atoms with E-state index in [2.05, 4.69) is 20.6 Å². The molecule has 5 N–H and O–H groups in total. The molecule has 0 saturated heterocycles. The zero-order valence-electron chi connectivity index (χ0n) is 20.0. The van der Waals surface area contributed by atoms with Gasteiger partial charge in [-0.15, -0.1) is 0 Å². The van der Waals surface area contributed by atoms with Gasteiger partial charge in [0.1, 0.15) is 17.2 Å². The molecule has 2 amide bonds. The summed E-state index contributed by atoms with van der Waals surface area (Å²) in [6.07, 6.45) is -3.35. The zero-order valence-corrected chi connectivity index (χ0v) is 21.5. The Morgan fingerprint density at radius 2 is 1.92 bits per heavy atom. The maximum Gasteiger partial charge on any atom is 0.430 e. The first-order valence-corrected chi connectivity index (χ1v) is 11.8. The summed E-state index contributed by atoms with van der Waals surface area (Å²) in [4.78, 5) is 34.0. The second kappa shape index (κ2) is 11.7. The number of rotatable bonds is 7. The molecule has 3 aromatic rings. The molecule has 2 aromatic carbocycles. The van der Waals surface area contributed by atoms with Crippen LogP contribution >= 0.6 is 23.2 Å². The molecule has 0 atom stereocenters. The number of hydrogen-bond acceptors (Lipinski definition) is 6. The third-order valence-electron chi connectivity index (χ3n) is 5.03. The third-order valence-corrected chi connectivity index (χ3v) is 5.72. The van der Waals surface area contributed by atoms with Crippen LogP contribution < -0.4 is 16.4 Å². The van der Waals surface area contributed by atoms with Gasteiger partial charge >= 0.3 is 6.18 Å². The molecule has 13 heteroatoms. The molecule has 200 valence electrons. The number of fused-ring (bicyclic) bond motifs is 1. The molecule has 0 aliphatic rings. The van der Waals surface area contributed by atoms with Gasteiger partial charge in [0, 0.05) is 18.1 Å². The summed E-state index contributed by atoms with van der Waals surface area (Å²) in [5, 5.41) is 15.6. The maximum atomic E-state index is 13.3. The molecule has 0 aliphatic heterocycles. The van der Waals surface area contributed by atoms with Crippen molar-refractivity contribution in [1.82, 2.24) is 10.3 Å². The number of halogens is 5. The van der Waals surface area contributed by atoms with E-state index in [1.165, 1.54) is 42.6 Å². The lowest BCUT2D eigenvalue weighted by atomic mass is 10.0. The molecule has 0 unspecified atom stereocenters. The fraction of sp³-hybridized carbons (Fsp3) is 0.200. The summed E-state index contributed by atoms with van der Waals surface area (Å²) in [6, 6.07) is 8.42. The second-order valence-corrected chi connectivity index (χ2v) is 9.27. The van der Waals surface area contributed by atoms with Crippen molar-refractivity contribution in [1.29, 1.82) is 0 Å². The van der Waals surface area contributed by atoms with E-state index in [9.17, 15) is 27.9 Å². The number of anilines is 1. The number of aromatic hydroxyl groups is 1. The Hall–Kier alpha value is -3.83. The smallest absolute Gasteiger partial charge is 0.430 e. The summed E-state index contributed by atoms with van der Waals surface area (Å²) >= 11 is 12.6. The number of phenolic OH excluding ortho intramolecular Hbond substituents is 1. The van der Waals surface area contributed by atoms with Gasteiger partial charge in [-0.3, -0.25) is 9.59 Å². The van der Waals surface area contributed by atoms with Crippen molar-refractivity contribution < 1.29 is 27.9 Å². The molecule has 1 heterocycles. The Bertz CT molecular complexity index is 1460. The van der Waals surface area contributed by atoms with Crippen LogP contribution in [0.5, 0.6) is 5.75 Å². The molecule has 0 fully saturated rings. The highest BCUT2D eigenvalue weighted by Gasteiger charge is 2.33. The van der Waals surface area contributed by atoms with E-state index < -0.39 is 29.4 Å². The van der Waals surface area contributed by atoms with Gasteiger partial charge < -0.3 is 21.5 Å². The highest BCUT2D eigenvalue weighted by Crippen LogP contribution is 2.36. The molecule has 0 bridgehead atoms. The number of nitrogens with one attached hydrogen (secondary N) is 2. The summed E-state index contributed by atoms with van der Waals surface area (Å²) in [5.74, 6) is -2.02. The number of nitrogens with two attached hydrogens (primary N) is 1. The summed E-state index contributed by atoms with van der Waals surface area (Å²) < 4.78 is 39.6. The minimum absolute atomic E-state index is 0.0333. The monoisotopic (exact) mass is 567 g/mol. The van der Waals surface area contributed by atoms with E-state index in [0.29, 0.717) is 16.8 Å². The molecule has 3 rings (SSSR count). The molecule has 1 aromatic heterocycles. The van der Waals surface area contributed by atoms with Crippen molar-refractivity contribution >= 4 is 63.0 Å². The van der Waals surface area contributed by atoms with Crippen molar-refractivity contribution in [2.24, 2.45) is 16.6 Å². The number of aliphatic imine (C=N–C) groups is 1. The van der Waals surface area contributed by atoms with Crippen LogP contribution in [0.25, 0.3) is 10.8 Å². The topological polar surface area (TPSA) is 130 Å². The average Bonchev–Trinajstić information content (AvgIpc) is 2.84. The number of hydrogen-bond donors (Lipinski definition) is 4. The number of allylic oxidation sites excluding steroid dienone is 1. The number of carbonyl (C=O) groups excluding carboxylic acids is 2. The van der Waals surface area contributed by atoms with Crippen LogP contribution in [0.15, 0.2) is 59.4 Å². The van der Waals surface area contributed by atoms with Crippen LogP contribution in [0.3, 0.4) is 0 Å². The number of nitrogens with zero attached hydrogens (tertiary/aromatic N) is 2. The van der Waals surface area contributed by atoms with Crippen LogP contribution in [0.2, 0.25) is 10.0 Å². The standard InChI is InChI=1S/C25H22Cl2F3N5O3/c1-12(2)11-33-23(37)16-9-13-8-14(36)5-6-15(13)20(27)21(16)35-24(38)18(10-19(31)25(28,29)30)34-22-17(26)4-3-7-32-22/h3-10,12,36H,11,31H2,1-2H3,(H,33,37)(H,35,38). The van der Waals surface area contributed by atoms with Crippen LogP contribution in [0, 0.1) is 5.92 Å². The lowest BCUT2D eigenvalue weighted by Gasteiger charge is -2.17. The van der Waals surface area contributed by atoms with Gasteiger partial charge in [0.15, 0.2) is 5.82 Å². The van der Waals surface area contributed by atoms with Gasteiger partial charge in [-0.1, -0.05) is 37.0 Å². The largest absolute Gasteiger partial charge is 0.508 e. The Balaban J connectivity index is 2.16. The van der Waals surface area contributed by atoms with Crippen molar-refractivity contribution in [3.63, 3.8) is 0 Å². The van der Waals surface area contributed by atoms with E-state index in [-0.39, 0.29) is 45.3 Å². The van der Waals surface area contributed by atoms with Gasteiger partial charge in [-0.05, 0) is 53.8 Å². The molecule has 38 heavy (non-hydrogen) atoms. The fourth-order valence-corrected chi connectivity index (χ4v) is 3.66. The van der Waals surface area contributed by atoms with Crippen molar-refractivity contribution in [3.8, 4) is 5.75 Å². The predicted octanol–water partition coefficient (Wildman–Crippen LogP) is 5.75. The second-order valence-electron chi connectivity index (χ2n) is 8.48. The Kier molecular flexibility index (Phi) is 8.85. The highest BCUT2D eigenvalue weighted by molar-refractivity contribution is 6.49. The van der Waals surface area contributed by atoms with E-state index in [0.717, 1.165) is 0 Å². The molecule has 0 saturated carbocycles. The van der Waals surface area contributed by atoms with Gasteiger partial charge in [0.25, 0.3) is 11.8 Å². The molecular formula is C25H22Cl2F3N5O3. The number of benzene rings is 2. The Morgan fingerprint density at radius 3 is 2.55 bits per heavy atom. The van der Waals surface area contributed by atoms with Gasteiger partial charge in [-0.25, -0.2) is 9.98 Å². The van der Waals surface area contributed by atoms with E-state index in [1.807, 2.05) is 13.8 Å². The van der Waals surface area contributed by atoms with Gasteiger partial charge in [0.2, 0.25) is 0 Å². The van der Waals surface area contributed by atoms with Crippen LogP contribution in [-0.4, -0.2) is 40.3 Å². The molecule has 0 spiro atoms. The molecular weight excluding hydrogens is 546 g/mol. The fourth-order valence-electron chi connectivity index (χ4n) is 3.17. The molecule has 0 radical (unpaired) electrons. The number of amides is 2. The number of aromatic nitrogens is 1. The minimum Gasteiger partial charge on any atom is -0.508 e. The zero-order chi connectivity index (χ0) is 28.2. The van der Waals surface area contributed by atoms with Gasteiger partial charge in [0.05, 0.1) is 21.3 Å². The highest BCUT2D eigenvalue weighted by atomic mass is 35.5. The van der Waals surface area contributed by atoms with Crippen LogP contribution in [0.1, 0.15) is 24.2 Å². The SMILES string of the molecule is CC(C)CNC(=O)c1cc2cc(O)ccc2c(Cl)c1NC(=O)C(C=C(N)C(F)(F)F)=Nc1ncccc1Cl. The average molecular weight is 568 g/mol. The number of pyridine rings is 1. The molecule has 8 nitrogen and oxygen atoms in total. The Morgan fingerprint density at radius 1 is 1.21 bits per heavy atom. The number of carbonyl (C=O) groups is 2. The van der Waals surface area contributed by atoms with E-state index in [1.54, 1.807) is 0 Å². The normalized spacial score (nSPS) is 12.6. The number of phenols is 1.